The lowest BCUT2D eigenvalue weighted by Crippen LogP contribution is -2.57. The summed E-state index contributed by atoms with van der Waals surface area (Å²) in [5, 5.41) is 3.30. The molecule has 1 amide bonds. The lowest BCUT2D eigenvalue weighted by atomic mass is 10.0. The van der Waals surface area contributed by atoms with E-state index in [1.165, 1.54) is 12.1 Å². The normalized spacial score (nSPS) is 24.9. The molecule has 0 radical (unpaired) electrons. The van der Waals surface area contributed by atoms with Crippen molar-refractivity contribution in [3.8, 4) is 0 Å². The highest BCUT2D eigenvalue weighted by Gasteiger charge is 2.34. The largest absolute Gasteiger partial charge is 0.314 e. The highest BCUT2D eigenvalue weighted by atomic mass is 19.1. The zero-order chi connectivity index (χ0) is 13.9. The molecular weight excluding hydrogens is 257 g/mol. The van der Waals surface area contributed by atoms with Crippen LogP contribution in [-0.2, 0) is 4.79 Å². The molecule has 1 unspecified atom stereocenters. The van der Waals surface area contributed by atoms with Crippen molar-refractivity contribution in [3.05, 3.63) is 30.1 Å². The molecule has 2 heterocycles. The molecule has 0 bridgehead atoms. The van der Waals surface area contributed by atoms with Gasteiger partial charge in [-0.1, -0.05) is 6.07 Å². The van der Waals surface area contributed by atoms with Gasteiger partial charge in [-0.3, -0.25) is 9.69 Å². The molecule has 1 aromatic carbocycles. The molecule has 20 heavy (non-hydrogen) atoms. The molecule has 2 saturated heterocycles. The second-order valence-corrected chi connectivity index (χ2v) is 5.41. The van der Waals surface area contributed by atoms with Crippen LogP contribution in [0.1, 0.15) is 12.8 Å². The smallest absolute Gasteiger partial charge is 0.244 e. The van der Waals surface area contributed by atoms with Gasteiger partial charge in [-0.05, 0) is 31.0 Å². The molecule has 2 fully saturated rings. The van der Waals surface area contributed by atoms with Crippen LogP contribution in [0.3, 0.4) is 0 Å². The molecule has 1 aromatic rings. The predicted octanol–water partition coefficient (Wildman–Crippen LogP) is 1.23. The fourth-order valence-electron chi connectivity index (χ4n) is 3.09. The maximum Gasteiger partial charge on any atom is 0.244 e. The monoisotopic (exact) mass is 277 g/mol. The molecule has 2 aliphatic rings. The van der Waals surface area contributed by atoms with Crippen molar-refractivity contribution in [2.75, 3.05) is 37.6 Å². The molecule has 2 aliphatic heterocycles. The van der Waals surface area contributed by atoms with E-state index in [1.54, 1.807) is 17.0 Å². The van der Waals surface area contributed by atoms with Crippen LogP contribution in [-0.4, -0.2) is 49.6 Å². The number of carbonyl (C=O) groups excluding carboxylic acids is 1. The number of anilines is 1. The number of carbonyl (C=O) groups is 1. The summed E-state index contributed by atoms with van der Waals surface area (Å²) in [5.41, 5.74) is 0.676. The Morgan fingerprint density at radius 2 is 2.00 bits per heavy atom. The molecule has 0 aliphatic carbocycles. The van der Waals surface area contributed by atoms with E-state index >= 15 is 0 Å². The Hall–Kier alpha value is -1.46. The van der Waals surface area contributed by atoms with E-state index in [0.29, 0.717) is 12.2 Å². The quantitative estimate of drug-likeness (QED) is 0.883. The Morgan fingerprint density at radius 1 is 1.20 bits per heavy atom. The van der Waals surface area contributed by atoms with Gasteiger partial charge in [0.05, 0.1) is 6.04 Å². The molecule has 1 N–H and O–H groups in total. The minimum Gasteiger partial charge on any atom is -0.314 e. The average molecular weight is 277 g/mol. The van der Waals surface area contributed by atoms with Gasteiger partial charge in [0.25, 0.3) is 0 Å². The van der Waals surface area contributed by atoms with E-state index in [0.717, 1.165) is 39.0 Å². The first-order valence-electron chi connectivity index (χ1n) is 7.27. The number of nitrogens with one attached hydrogen (secondary N) is 1. The Bertz CT molecular complexity index is 488. The van der Waals surface area contributed by atoms with Gasteiger partial charge in [0.1, 0.15) is 5.82 Å². The van der Waals surface area contributed by atoms with E-state index in [1.807, 2.05) is 0 Å². The van der Waals surface area contributed by atoms with Crippen LogP contribution < -0.4 is 10.2 Å². The Labute approximate surface area is 118 Å². The third-order valence-corrected chi connectivity index (χ3v) is 4.12. The zero-order valence-electron chi connectivity index (χ0n) is 11.5. The van der Waals surface area contributed by atoms with Gasteiger partial charge in [-0.15, -0.1) is 0 Å². The summed E-state index contributed by atoms with van der Waals surface area (Å²) in [7, 11) is 0. The summed E-state index contributed by atoms with van der Waals surface area (Å²) in [6, 6.07) is 6.27. The van der Waals surface area contributed by atoms with Crippen LogP contribution in [0.25, 0.3) is 0 Å². The number of nitrogens with zero attached hydrogens (tertiary/aromatic N) is 2. The van der Waals surface area contributed by atoms with Gasteiger partial charge in [0, 0.05) is 38.4 Å². The summed E-state index contributed by atoms with van der Waals surface area (Å²) in [4.78, 5) is 16.7. The van der Waals surface area contributed by atoms with Crippen LogP contribution in [0.15, 0.2) is 24.3 Å². The molecule has 4 nitrogen and oxygen atoms in total. The second-order valence-electron chi connectivity index (χ2n) is 5.41. The van der Waals surface area contributed by atoms with Crippen molar-refractivity contribution in [1.82, 2.24) is 10.2 Å². The van der Waals surface area contributed by atoms with Crippen molar-refractivity contribution in [2.24, 2.45) is 0 Å². The van der Waals surface area contributed by atoms with Crippen molar-refractivity contribution in [1.29, 1.82) is 0 Å². The molecule has 108 valence electrons. The number of hydrogen-bond acceptors (Lipinski definition) is 3. The summed E-state index contributed by atoms with van der Waals surface area (Å²) in [6.45, 7) is 4.37. The number of amides is 1. The molecule has 5 heteroatoms. The lowest BCUT2D eigenvalue weighted by molar-refractivity contribution is -0.125. The van der Waals surface area contributed by atoms with Crippen LogP contribution in [0.4, 0.5) is 10.1 Å². The Morgan fingerprint density at radius 3 is 2.75 bits per heavy atom. The highest BCUT2D eigenvalue weighted by Crippen LogP contribution is 2.24. The maximum atomic E-state index is 13.3. The lowest BCUT2D eigenvalue weighted by Gasteiger charge is -2.40. The maximum absolute atomic E-state index is 13.3. The first kappa shape index (κ1) is 13.5. The second kappa shape index (κ2) is 5.89. The molecule has 0 saturated carbocycles. The van der Waals surface area contributed by atoms with Gasteiger partial charge in [0.2, 0.25) is 5.91 Å². The molecule has 0 aromatic heterocycles. The van der Waals surface area contributed by atoms with E-state index < -0.39 is 0 Å². The minimum atomic E-state index is -0.292. The SMILES string of the molecule is O=C1C(N2CCNCC2)CCCN1c1cccc(F)c1. The topological polar surface area (TPSA) is 35.6 Å². The number of benzene rings is 1. The summed E-state index contributed by atoms with van der Waals surface area (Å²) in [5.74, 6) is -0.177. The predicted molar refractivity (Wildman–Crippen MR) is 76.2 cm³/mol. The third kappa shape index (κ3) is 2.69. The van der Waals surface area contributed by atoms with Crippen molar-refractivity contribution in [3.63, 3.8) is 0 Å². The fourth-order valence-corrected chi connectivity index (χ4v) is 3.09. The molecule has 3 rings (SSSR count). The van der Waals surface area contributed by atoms with E-state index in [4.69, 9.17) is 0 Å². The average Bonchev–Trinajstić information content (AvgIpc) is 2.48. The Kier molecular flexibility index (Phi) is 3.98. The van der Waals surface area contributed by atoms with Gasteiger partial charge in [-0.2, -0.15) is 0 Å². The van der Waals surface area contributed by atoms with E-state index in [2.05, 4.69) is 10.2 Å². The van der Waals surface area contributed by atoms with Gasteiger partial charge in [-0.25, -0.2) is 4.39 Å². The van der Waals surface area contributed by atoms with E-state index in [9.17, 15) is 9.18 Å². The summed E-state index contributed by atoms with van der Waals surface area (Å²) < 4.78 is 13.3. The Balaban J connectivity index is 1.77. The molecule has 0 spiro atoms. The standard InChI is InChI=1S/C15H20FN3O/c16-12-3-1-4-13(11-12)19-8-2-5-14(15(19)20)18-9-6-17-7-10-18/h1,3-4,11,14,17H,2,5-10H2. The number of piperazine rings is 1. The first-order chi connectivity index (χ1) is 9.75. The van der Waals surface area contributed by atoms with Gasteiger partial charge < -0.3 is 10.2 Å². The van der Waals surface area contributed by atoms with Gasteiger partial charge >= 0.3 is 0 Å². The highest BCUT2D eigenvalue weighted by molar-refractivity contribution is 5.97. The number of piperidine rings is 1. The molecular formula is C15H20FN3O. The zero-order valence-corrected chi connectivity index (χ0v) is 11.5. The number of rotatable bonds is 2. The van der Waals surface area contributed by atoms with Crippen LogP contribution in [0, 0.1) is 5.82 Å². The van der Waals surface area contributed by atoms with Crippen LogP contribution in [0.5, 0.6) is 0 Å². The number of hydrogen-bond donors (Lipinski definition) is 1. The number of halogens is 1. The van der Waals surface area contributed by atoms with Crippen molar-refractivity contribution >= 4 is 11.6 Å². The van der Waals surface area contributed by atoms with Gasteiger partial charge in [0.15, 0.2) is 0 Å². The van der Waals surface area contributed by atoms with Crippen molar-refractivity contribution < 1.29 is 9.18 Å². The minimum absolute atomic E-state index is 0.0471. The molecule has 1 atom stereocenters. The summed E-state index contributed by atoms with van der Waals surface area (Å²) >= 11 is 0. The summed E-state index contributed by atoms with van der Waals surface area (Å²) in [6.07, 6.45) is 1.88. The van der Waals surface area contributed by atoms with Crippen molar-refractivity contribution in [2.45, 2.75) is 18.9 Å². The van der Waals surface area contributed by atoms with E-state index in [-0.39, 0.29) is 17.8 Å². The first-order valence-corrected chi connectivity index (χ1v) is 7.27. The van der Waals surface area contributed by atoms with Crippen LogP contribution >= 0.6 is 0 Å². The third-order valence-electron chi connectivity index (χ3n) is 4.12. The van der Waals surface area contributed by atoms with Crippen LogP contribution in [0.2, 0.25) is 0 Å². The fraction of sp³-hybridized carbons (Fsp3) is 0.533.